The van der Waals surface area contributed by atoms with Crippen LogP contribution in [0.4, 0.5) is 4.39 Å². The lowest BCUT2D eigenvalue weighted by atomic mass is 10.2. The van der Waals surface area contributed by atoms with Crippen LogP contribution in [-0.4, -0.2) is 53.9 Å². The van der Waals surface area contributed by atoms with Crippen LogP contribution in [0.1, 0.15) is 24.7 Å². The second kappa shape index (κ2) is 7.79. The van der Waals surface area contributed by atoms with Crippen LogP contribution in [0.15, 0.2) is 18.3 Å². The Morgan fingerprint density at radius 2 is 2.11 bits per heavy atom. The van der Waals surface area contributed by atoms with Gasteiger partial charge >= 0.3 is 0 Å². The first kappa shape index (κ1) is 18.7. The lowest BCUT2D eigenvalue weighted by Crippen LogP contribution is -2.29. The van der Waals surface area contributed by atoms with Crippen molar-refractivity contribution in [3.8, 4) is 23.1 Å². The predicted molar refractivity (Wildman–Crippen MR) is 99.6 cm³/mol. The summed E-state index contributed by atoms with van der Waals surface area (Å²) < 4.78 is 36.7. The van der Waals surface area contributed by atoms with Crippen molar-refractivity contribution < 1.29 is 23.3 Å². The van der Waals surface area contributed by atoms with E-state index in [1.807, 2.05) is 13.0 Å². The van der Waals surface area contributed by atoms with Gasteiger partial charge in [-0.3, -0.25) is 9.88 Å². The van der Waals surface area contributed by atoms with Gasteiger partial charge in [0.15, 0.2) is 5.75 Å². The monoisotopic (exact) mass is 389 g/mol. The highest BCUT2D eigenvalue weighted by molar-refractivity contribution is 5.37. The van der Waals surface area contributed by atoms with E-state index in [-0.39, 0.29) is 18.0 Å². The molecule has 2 atom stereocenters. The molecule has 28 heavy (non-hydrogen) atoms. The SMILES string of the molecule is COc1cc(O[C@@H]2C[C@H](C)N(Cc3nc4c(cc3F)OCCO4)C2)cnc1C. The molecule has 2 aliphatic rings. The van der Waals surface area contributed by atoms with Crippen LogP contribution in [0.3, 0.4) is 0 Å². The molecule has 7 nitrogen and oxygen atoms in total. The van der Waals surface area contributed by atoms with E-state index in [2.05, 4.69) is 21.8 Å². The van der Waals surface area contributed by atoms with E-state index in [4.69, 9.17) is 18.9 Å². The lowest BCUT2D eigenvalue weighted by molar-refractivity contribution is 0.160. The zero-order valence-corrected chi connectivity index (χ0v) is 16.3. The Kier molecular flexibility index (Phi) is 5.21. The van der Waals surface area contributed by atoms with E-state index in [9.17, 15) is 4.39 Å². The van der Waals surface area contributed by atoms with Crippen LogP contribution in [0, 0.1) is 12.7 Å². The molecule has 0 radical (unpaired) electrons. The van der Waals surface area contributed by atoms with Gasteiger partial charge in [0, 0.05) is 37.7 Å². The van der Waals surface area contributed by atoms with E-state index in [0.717, 1.165) is 12.1 Å². The summed E-state index contributed by atoms with van der Waals surface area (Å²) in [5, 5.41) is 0. The first-order valence-corrected chi connectivity index (χ1v) is 9.40. The molecule has 0 amide bonds. The third kappa shape index (κ3) is 3.82. The van der Waals surface area contributed by atoms with Gasteiger partial charge in [-0.2, -0.15) is 0 Å². The summed E-state index contributed by atoms with van der Waals surface area (Å²) in [6, 6.07) is 3.44. The van der Waals surface area contributed by atoms with E-state index >= 15 is 0 Å². The Bertz CT molecular complexity index is 864. The second-order valence-electron chi connectivity index (χ2n) is 7.13. The second-order valence-corrected chi connectivity index (χ2v) is 7.13. The highest BCUT2D eigenvalue weighted by atomic mass is 19.1. The van der Waals surface area contributed by atoms with Crippen molar-refractivity contribution in [3.05, 3.63) is 35.5 Å². The topological polar surface area (TPSA) is 65.9 Å². The van der Waals surface area contributed by atoms with Crippen LogP contribution >= 0.6 is 0 Å². The van der Waals surface area contributed by atoms with Crippen molar-refractivity contribution in [1.29, 1.82) is 0 Å². The molecule has 0 bridgehead atoms. The van der Waals surface area contributed by atoms with Gasteiger partial charge in [-0.05, 0) is 13.8 Å². The third-order valence-electron chi connectivity index (χ3n) is 5.12. The third-order valence-corrected chi connectivity index (χ3v) is 5.12. The molecule has 150 valence electrons. The van der Waals surface area contributed by atoms with E-state index in [0.29, 0.717) is 55.1 Å². The van der Waals surface area contributed by atoms with Gasteiger partial charge in [-0.25, -0.2) is 9.37 Å². The first-order chi connectivity index (χ1) is 13.5. The molecule has 1 saturated heterocycles. The van der Waals surface area contributed by atoms with Crippen molar-refractivity contribution in [2.24, 2.45) is 0 Å². The average Bonchev–Trinajstić information content (AvgIpc) is 3.02. The molecule has 2 aromatic rings. The van der Waals surface area contributed by atoms with Crippen molar-refractivity contribution >= 4 is 0 Å². The minimum Gasteiger partial charge on any atom is -0.495 e. The molecule has 4 heterocycles. The highest BCUT2D eigenvalue weighted by Crippen LogP contribution is 2.31. The smallest absolute Gasteiger partial charge is 0.257 e. The minimum absolute atomic E-state index is 0.00974. The van der Waals surface area contributed by atoms with Crippen molar-refractivity contribution in [2.45, 2.75) is 39.0 Å². The number of ether oxygens (including phenoxy) is 4. The molecule has 0 aromatic carbocycles. The Morgan fingerprint density at radius 3 is 2.93 bits per heavy atom. The zero-order chi connectivity index (χ0) is 19.7. The molecule has 0 unspecified atom stereocenters. The number of pyridine rings is 2. The molecule has 0 spiro atoms. The molecule has 0 N–H and O–H groups in total. The van der Waals surface area contributed by atoms with Crippen molar-refractivity contribution in [2.75, 3.05) is 26.9 Å². The van der Waals surface area contributed by atoms with E-state index in [1.54, 1.807) is 13.3 Å². The zero-order valence-electron chi connectivity index (χ0n) is 16.3. The summed E-state index contributed by atoms with van der Waals surface area (Å²) >= 11 is 0. The highest BCUT2D eigenvalue weighted by Gasteiger charge is 2.32. The summed E-state index contributed by atoms with van der Waals surface area (Å²) in [6.45, 7) is 5.89. The molecule has 8 heteroatoms. The molecule has 4 rings (SSSR count). The Morgan fingerprint density at radius 1 is 1.29 bits per heavy atom. The molecule has 0 aliphatic carbocycles. The molecular formula is C20H24FN3O4. The van der Waals surface area contributed by atoms with Crippen LogP contribution in [0.2, 0.25) is 0 Å². The summed E-state index contributed by atoms with van der Waals surface area (Å²) in [4.78, 5) is 10.8. The normalized spacial score (nSPS) is 21.6. The quantitative estimate of drug-likeness (QED) is 0.779. The number of aryl methyl sites for hydroxylation is 1. The predicted octanol–water partition coefficient (Wildman–Crippen LogP) is 2.75. The number of hydrogen-bond acceptors (Lipinski definition) is 7. The maximum atomic E-state index is 14.4. The van der Waals surface area contributed by atoms with Gasteiger partial charge in [-0.1, -0.05) is 0 Å². The standard InChI is InChI=1S/C20H24FN3O4/c1-12-6-15(28-14-7-18(25-3)13(2)22-9-14)10-24(12)11-17-16(21)8-19-20(23-17)27-5-4-26-19/h7-9,12,15H,4-6,10-11H2,1-3H3/t12-,15+/m0/s1. The van der Waals surface area contributed by atoms with Crippen molar-refractivity contribution in [1.82, 2.24) is 14.9 Å². The number of halogens is 1. The van der Waals surface area contributed by atoms with Gasteiger partial charge in [-0.15, -0.1) is 0 Å². The van der Waals surface area contributed by atoms with Gasteiger partial charge in [0.05, 0.1) is 24.7 Å². The van der Waals surface area contributed by atoms with Gasteiger partial charge in [0.2, 0.25) is 0 Å². The average molecular weight is 389 g/mol. The maximum absolute atomic E-state index is 14.4. The fourth-order valence-electron chi connectivity index (χ4n) is 3.60. The van der Waals surface area contributed by atoms with Crippen LogP contribution in [-0.2, 0) is 6.54 Å². The molecular weight excluding hydrogens is 365 g/mol. The summed E-state index contributed by atoms with van der Waals surface area (Å²) in [5.41, 5.74) is 1.17. The van der Waals surface area contributed by atoms with E-state index < -0.39 is 0 Å². The number of rotatable bonds is 5. The molecule has 0 saturated carbocycles. The maximum Gasteiger partial charge on any atom is 0.257 e. The molecule has 2 aliphatic heterocycles. The number of methoxy groups -OCH3 is 1. The number of nitrogens with zero attached hydrogens (tertiary/aromatic N) is 3. The Balaban J connectivity index is 1.43. The number of aromatic nitrogens is 2. The number of fused-ring (bicyclic) bond motifs is 1. The fourth-order valence-corrected chi connectivity index (χ4v) is 3.60. The fraction of sp³-hybridized carbons (Fsp3) is 0.500. The molecule has 2 aromatic heterocycles. The lowest BCUT2D eigenvalue weighted by Gasteiger charge is -2.22. The number of likely N-dealkylation sites (tertiary alicyclic amines) is 1. The summed E-state index contributed by atoms with van der Waals surface area (Å²) in [7, 11) is 1.61. The number of hydrogen-bond donors (Lipinski definition) is 0. The summed E-state index contributed by atoms with van der Waals surface area (Å²) in [6.07, 6.45) is 2.53. The Labute approximate surface area is 163 Å². The Hall–Kier alpha value is -2.61. The van der Waals surface area contributed by atoms with Gasteiger partial charge in [0.1, 0.15) is 36.6 Å². The van der Waals surface area contributed by atoms with Crippen LogP contribution in [0.5, 0.6) is 23.1 Å². The largest absolute Gasteiger partial charge is 0.495 e. The van der Waals surface area contributed by atoms with Crippen LogP contribution < -0.4 is 18.9 Å². The van der Waals surface area contributed by atoms with Gasteiger partial charge in [0.25, 0.3) is 5.88 Å². The minimum atomic E-state index is -0.381. The van der Waals surface area contributed by atoms with Gasteiger partial charge < -0.3 is 18.9 Å². The first-order valence-electron chi connectivity index (χ1n) is 9.40. The van der Waals surface area contributed by atoms with E-state index in [1.165, 1.54) is 6.07 Å². The molecule has 1 fully saturated rings. The van der Waals surface area contributed by atoms with Crippen LogP contribution in [0.25, 0.3) is 0 Å². The van der Waals surface area contributed by atoms with Crippen molar-refractivity contribution in [3.63, 3.8) is 0 Å². The summed E-state index contributed by atoms with van der Waals surface area (Å²) in [5.74, 6) is 1.71.